The van der Waals surface area contributed by atoms with Crippen molar-refractivity contribution in [3.8, 4) is 5.75 Å². The number of aliphatic carboxylic acids is 1. The maximum Gasteiger partial charge on any atom is 0.307 e. The van der Waals surface area contributed by atoms with Gasteiger partial charge >= 0.3 is 5.97 Å². The number of rotatable bonds is 4. The van der Waals surface area contributed by atoms with Gasteiger partial charge in [0.2, 0.25) is 0 Å². The van der Waals surface area contributed by atoms with Gasteiger partial charge in [-0.2, -0.15) is 0 Å². The summed E-state index contributed by atoms with van der Waals surface area (Å²) in [5.41, 5.74) is 0.646. The first-order chi connectivity index (χ1) is 8.87. The zero-order valence-electron chi connectivity index (χ0n) is 11.2. The van der Waals surface area contributed by atoms with E-state index in [1.54, 1.807) is 7.11 Å². The molecule has 0 radical (unpaired) electrons. The smallest absolute Gasteiger partial charge is 0.307 e. The van der Waals surface area contributed by atoms with Crippen LogP contribution in [0, 0.1) is 17.3 Å². The summed E-state index contributed by atoms with van der Waals surface area (Å²) in [7, 11) is 1.61. The van der Waals surface area contributed by atoms with Gasteiger partial charge in [0.25, 0.3) is 0 Å². The van der Waals surface area contributed by atoms with Crippen molar-refractivity contribution in [3.63, 3.8) is 0 Å². The number of hydrogen-bond acceptors (Lipinski definition) is 2. The van der Waals surface area contributed by atoms with E-state index in [0.29, 0.717) is 5.03 Å². The molecule has 1 saturated carbocycles. The van der Waals surface area contributed by atoms with Gasteiger partial charge in [-0.05, 0) is 41.2 Å². The number of halogens is 1. The highest BCUT2D eigenvalue weighted by atomic mass is 35.5. The predicted molar refractivity (Wildman–Crippen MR) is 75.2 cm³/mol. The van der Waals surface area contributed by atoms with Crippen LogP contribution in [0.25, 0.3) is 5.03 Å². The molecule has 0 aromatic heterocycles. The molecule has 0 spiro atoms. The van der Waals surface area contributed by atoms with Crippen molar-refractivity contribution in [1.29, 1.82) is 0 Å². The molecular weight excluding hydrogens is 264 g/mol. The first-order valence-electron chi connectivity index (χ1n) is 6.12. The highest BCUT2D eigenvalue weighted by Crippen LogP contribution is 2.59. The minimum atomic E-state index is -0.759. The van der Waals surface area contributed by atoms with Crippen molar-refractivity contribution in [3.05, 3.63) is 35.9 Å². The highest BCUT2D eigenvalue weighted by Gasteiger charge is 2.61. The first-order valence-corrected chi connectivity index (χ1v) is 6.50. The molecule has 0 amide bonds. The van der Waals surface area contributed by atoms with E-state index < -0.39 is 5.97 Å². The maximum atomic E-state index is 11.1. The molecule has 1 aliphatic carbocycles. The van der Waals surface area contributed by atoms with Crippen LogP contribution in [0.2, 0.25) is 0 Å². The quantitative estimate of drug-likeness (QED) is 0.916. The number of allylic oxidation sites excluding steroid dienone is 1. The summed E-state index contributed by atoms with van der Waals surface area (Å²) in [5, 5.41) is 9.71. The fourth-order valence-electron chi connectivity index (χ4n) is 2.46. The van der Waals surface area contributed by atoms with E-state index in [2.05, 4.69) is 0 Å². The van der Waals surface area contributed by atoms with E-state index in [4.69, 9.17) is 21.4 Å². The molecular formula is C15H17ClO3. The van der Waals surface area contributed by atoms with Gasteiger partial charge in [0.1, 0.15) is 5.75 Å². The van der Waals surface area contributed by atoms with Crippen LogP contribution in [0.3, 0.4) is 0 Å². The zero-order valence-corrected chi connectivity index (χ0v) is 11.9. The lowest BCUT2D eigenvalue weighted by Gasteiger charge is -2.03. The minimum Gasteiger partial charge on any atom is -0.497 e. The second-order valence-electron chi connectivity index (χ2n) is 5.41. The Bertz CT molecular complexity index is 517. The average molecular weight is 281 g/mol. The SMILES string of the molecule is COc1ccc(/C(Cl)=C/C2C(C(=O)O)C2(C)C)cc1. The van der Waals surface area contributed by atoms with Gasteiger partial charge in [-0.3, -0.25) is 4.79 Å². The summed E-state index contributed by atoms with van der Waals surface area (Å²) in [6.45, 7) is 3.90. The number of benzene rings is 1. The molecule has 19 heavy (non-hydrogen) atoms. The Hall–Kier alpha value is -1.48. The van der Waals surface area contributed by atoms with Crippen molar-refractivity contribution < 1.29 is 14.6 Å². The molecule has 0 heterocycles. The van der Waals surface area contributed by atoms with Crippen LogP contribution in [-0.2, 0) is 4.79 Å². The Labute approximate surface area is 117 Å². The third kappa shape index (κ3) is 2.61. The second-order valence-corrected chi connectivity index (χ2v) is 5.81. The summed E-state index contributed by atoms with van der Waals surface area (Å²) in [6, 6.07) is 7.39. The van der Waals surface area contributed by atoms with Gasteiger partial charge in [0.15, 0.2) is 0 Å². The number of carbonyl (C=O) groups is 1. The molecule has 0 aliphatic heterocycles. The molecule has 2 rings (SSSR count). The Morgan fingerprint density at radius 1 is 1.37 bits per heavy atom. The molecule has 0 bridgehead atoms. The fraction of sp³-hybridized carbons (Fsp3) is 0.400. The molecule has 1 aromatic carbocycles. The van der Waals surface area contributed by atoms with E-state index in [1.165, 1.54) is 0 Å². The average Bonchev–Trinajstić information content (AvgIpc) is 2.91. The molecule has 1 aromatic rings. The van der Waals surface area contributed by atoms with Crippen LogP contribution in [0.4, 0.5) is 0 Å². The molecule has 3 nitrogen and oxygen atoms in total. The zero-order chi connectivity index (χ0) is 14.2. The lowest BCUT2D eigenvalue weighted by Crippen LogP contribution is -2.03. The van der Waals surface area contributed by atoms with Crippen molar-refractivity contribution in [2.45, 2.75) is 13.8 Å². The molecule has 1 fully saturated rings. The molecule has 2 atom stereocenters. The van der Waals surface area contributed by atoms with Gasteiger partial charge in [-0.1, -0.05) is 31.5 Å². The highest BCUT2D eigenvalue weighted by molar-refractivity contribution is 6.48. The van der Waals surface area contributed by atoms with Gasteiger partial charge < -0.3 is 9.84 Å². The summed E-state index contributed by atoms with van der Waals surface area (Å²) in [4.78, 5) is 11.1. The van der Waals surface area contributed by atoms with E-state index in [1.807, 2.05) is 44.2 Å². The van der Waals surface area contributed by atoms with E-state index >= 15 is 0 Å². The second kappa shape index (κ2) is 4.89. The normalized spacial score (nSPS) is 24.9. The fourth-order valence-corrected chi connectivity index (χ4v) is 2.73. The summed E-state index contributed by atoms with van der Waals surface area (Å²) < 4.78 is 5.08. The largest absolute Gasteiger partial charge is 0.497 e. The Balaban J connectivity index is 2.17. The number of carboxylic acids is 1. The minimum absolute atomic E-state index is 0.0143. The number of carboxylic acid groups (broad SMARTS) is 1. The van der Waals surface area contributed by atoms with Gasteiger partial charge in [0, 0.05) is 5.03 Å². The first kappa shape index (κ1) is 13.9. The monoisotopic (exact) mass is 280 g/mol. The van der Waals surface area contributed by atoms with Crippen LogP contribution in [0.1, 0.15) is 19.4 Å². The lowest BCUT2D eigenvalue weighted by molar-refractivity contribution is -0.139. The molecule has 4 heteroatoms. The summed E-state index contributed by atoms with van der Waals surface area (Å²) in [6.07, 6.45) is 1.85. The van der Waals surface area contributed by atoms with Gasteiger partial charge in [-0.15, -0.1) is 0 Å². The molecule has 0 saturated heterocycles. The topological polar surface area (TPSA) is 46.5 Å². The maximum absolute atomic E-state index is 11.1. The third-order valence-corrected chi connectivity index (χ3v) is 4.21. The van der Waals surface area contributed by atoms with E-state index in [0.717, 1.165) is 11.3 Å². The number of methoxy groups -OCH3 is 1. The third-order valence-electron chi connectivity index (χ3n) is 3.87. The molecule has 1 N–H and O–H groups in total. The molecule has 102 valence electrons. The Morgan fingerprint density at radius 3 is 2.37 bits per heavy atom. The molecule has 1 aliphatic rings. The van der Waals surface area contributed by atoms with Crippen LogP contribution in [0.15, 0.2) is 30.3 Å². The van der Waals surface area contributed by atoms with Gasteiger partial charge in [0.05, 0.1) is 13.0 Å². The lowest BCUT2D eigenvalue weighted by atomic mass is 10.1. The van der Waals surface area contributed by atoms with Gasteiger partial charge in [-0.25, -0.2) is 0 Å². The number of ether oxygens (including phenoxy) is 1. The van der Waals surface area contributed by atoms with Crippen LogP contribution < -0.4 is 4.74 Å². The van der Waals surface area contributed by atoms with Crippen molar-refractivity contribution in [1.82, 2.24) is 0 Å². The van der Waals surface area contributed by atoms with Crippen molar-refractivity contribution in [2.24, 2.45) is 17.3 Å². The van der Waals surface area contributed by atoms with Crippen LogP contribution in [0.5, 0.6) is 5.75 Å². The summed E-state index contributed by atoms with van der Waals surface area (Å²) >= 11 is 6.26. The van der Waals surface area contributed by atoms with Crippen molar-refractivity contribution in [2.75, 3.05) is 7.11 Å². The van der Waals surface area contributed by atoms with Crippen LogP contribution >= 0.6 is 11.6 Å². The van der Waals surface area contributed by atoms with E-state index in [9.17, 15) is 4.79 Å². The predicted octanol–water partition coefficient (Wildman–Crippen LogP) is 3.63. The summed E-state index contributed by atoms with van der Waals surface area (Å²) in [5.74, 6) is -0.354. The molecule has 2 unspecified atom stereocenters. The number of hydrogen-bond donors (Lipinski definition) is 1. The standard InChI is InChI=1S/C15H17ClO3/c1-15(2)11(13(15)14(17)18)8-12(16)9-4-6-10(19-3)7-5-9/h4-8,11,13H,1-3H3,(H,17,18)/b12-8-. The Kier molecular flexibility index (Phi) is 3.59. The van der Waals surface area contributed by atoms with Crippen molar-refractivity contribution >= 4 is 22.6 Å². The van der Waals surface area contributed by atoms with E-state index in [-0.39, 0.29) is 17.3 Å². The van der Waals surface area contributed by atoms with Crippen LogP contribution in [-0.4, -0.2) is 18.2 Å². The Morgan fingerprint density at radius 2 is 1.95 bits per heavy atom.